The molecule has 0 saturated heterocycles. The summed E-state index contributed by atoms with van der Waals surface area (Å²) in [5.74, 6) is 0.695. The molecule has 4 nitrogen and oxygen atoms in total. The van der Waals surface area contributed by atoms with Crippen LogP contribution in [0.4, 0.5) is 0 Å². The van der Waals surface area contributed by atoms with Crippen molar-refractivity contribution in [1.29, 1.82) is 0 Å². The summed E-state index contributed by atoms with van der Waals surface area (Å²) in [4.78, 5) is 16.6. The van der Waals surface area contributed by atoms with Crippen LogP contribution in [0.15, 0.2) is 59.2 Å². The number of esters is 1. The summed E-state index contributed by atoms with van der Waals surface area (Å²) in [5.41, 5.74) is 1.10. The van der Waals surface area contributed by atoms with Crippen LogP contribution in [0.2, 0.25) is 0 Å². The maximum absolute atomic E-state index is 12.4. The van der Waals surface area contributed by atoms with Crippen LogP contribution in [0.25, 0.3) is 10.9 Å². The Balaban J connectivity index is 1.88. The zero-order valence-electron chi connectivity index (χ0n) is 12.5. The molecule has 0 amide bonds. The lowest BCUT2D eigenvalue weighted by Crippen LogP contribution is -2.09. The summed E-state index contributed by atoms with van der Waals surface area (Å²) < 4.78 is 11.7. The lowest BCUT2D eigenvalue weighted by Gasteiger charge is -2.09. The number of halogens is 1. The van der Waals surface area contributed by atoms with Gasteiger partial charge in [0, 0.05) is 11.6 Å². The van der Waals surface area contributed by atoms with Gasteiger partial charge in [0.05, 0.1) is 16.6 Å². The second kappa shape index (κ2) is 6.79. The van der Waals surface area contributed by atoms with E-state index >= 15 is 0 Å². The SMILES string of the molecule is CCOc1ccc(C(=O)Oc2cccc3cccnc23)cc1Br. The quantitative estimate of drug-likeness (QED) is 0.496. The molecular weight excluding hydrogens is 358 g/mol. The van der Waals surface area contributed by atoms with Gasteiger partial charge in [-0.15, -0.1) is 0 Å². The molecule has 3 rings (SSSR count). The molecule has 0 spiro atoms. The van der Waals surface area contributed by atoms with Crippen LogP contribution < -0.4 is 9.47 Å². The molecule has 1 aromatic heterocycles. The molecule has 0 N–H and O–H groups in total. The van der Waals surface area contributed by atoms with Crippen molar-refractivity contribution in [2.75, 3.05) is 6.61 Å². The average Bonchev–Trinajstić information content (AvgIpc) is 2.57. The van der Waals surface area contributed by atoms with Crippen molar-refractivity contribution in [2.24, 2.45) is 0 Å². The third-order valence-corrected chi connectivity index (χ3v) is 3.89. The van der Waals surface area contributed by atoms with Crippen LogP contribution in [0.3, 0.4) is 0 Å². The fourth-order valence-corrected chi connectivity index (χ4v) is 2.71. The van der Waals surface area contributed by atoms with Crippen LogP contribution in [0, 0.1) is 0 Å². The van der Waals surface area contributed by atoms with Gasteiger partial charge in [0.25, 0.3) is 0 Å². The highest BCUT2D eigenvalue weighted by Gasteiger charge is 2.13. The van der Waals surface area contributed by atoms with Crippen molar-refractivity contribution < 1.29 is 14.3 Å². The number of benzene rings is 2. The van der Waals surface area contributed by atoms with E-state index in [0.29, 0.717) is 33.7 Å². The molecule has 0 bridgehead atoms. The molecule has 0 saturated carbocycles. The number of ether oxygens (including phenoxy) is 2. The van der Waals surface area contributed by atoms with Crippen LogP contribution in [0.1, 0.15) is 17.3 Å². The predicted octanol–water partition coefficient (Wildman–Crippen LogP) is 4.62. The van der Waals surface area contributed by atoms with E-state index < -0.39 is 5.97 Å². The molecule has 116 valence electrons. The highest BCUT2D eigenvalue weighted by molar-refractivity contribution is 9.10. The molecule has 0 atom stereocenters. The van der Waals surface area contributed by atoms with Gasteiger partial charge in [-0.3, -0.25) is 4.98 Å². The van der Waals surface area contributed by atoms with Crippen LogP contribution >= 0.6 is 15.9 Å². The van der Waals surface area contributed by atoms with Gasteiger partial charge in [-0.2, -0.15) is 0 Å². The van der Waals surface area contributed by atoms with Crippen LogP contribution in [0.5, 0.6) is 11.5 Å². The third kappa shape index (κ3) is 3.35. The first-order chi connectivity index (χ1) is 11.2. The van der Waals surface area contributed by atoms with E-state index in [0.717, 1.165) is 5.39 Å². The van der Waals surface area contributed by atoms with Crippen molar-refractivity contribution in [3.05, 3.63) is 64.8 Å². The first-order valence-corrected chi connectivity index (χ1v) is 7.96. The topological polar surface area (TPSA) is 48.4 Å². The van der Waals surface area contributed by atoms with E-state index in [4.69, 9.17) is 9.47 Å². The number of pyridine rings is 1. The first kappa shape index (κ1) is 15.5. The second-order valence-corrected chi connectivity index (χ2v) is 5.65. The van der Waals surface area contributed by atoms with Crippen LogP contribution in [-0.2, 0) is 0 Å². The van der Waals surface area contributed by atoms with Gasteiger partial charge in [-0.05, 0) is 53.2 Å². The van der Waals surface area contributed by atoms with Gasteiger partial charge in [-0.1, -0.05) is 18.2 Å². The molecule has 0 aliphatic heterocycles. The molecule has 1 heterocycles. The average molecular weight is 372 g/mol. The Hall–Kier alpha value is -2.40. The fraction of sp³-hybridized carbons (Fsp3) is 0.111. The summed E-state index contributed by atoms with van der Waals surface area (Å²) in [6.07, 6.45) is 1.67. The van der Waals surface area contributed by atoms with Gasteiger partial charge in [0.2, 0.25) is 0 Å². The first-order valence-electron chi connectivity index (χ1n) is 7.17. The molecular formula is C18H14BrNO3. The molecule has 23 heavy (non-hydrogen) atoms. The monoisotopic (exact) mass is 371 g/mol. The number of fused-ring (bicyclic) bond motifs is 1. The van der Waals surface area contributed by atoms with Crippen molar-refractivity contribution in [1.82, 2.24) is 4.98 Å². The zero-order valence-corrected chi connectivity index (χ0v) is 14.0. The van der Waals surface area contributed by atoms with Crippen molar-refractivity contribution in [3.63, 3.8) is 0 Å². The highest BCUT2D eigenvalue weighted by Crippen LogP contribution is 2.28. The number of aromatic nitrogens is 1. The van der Waals surface area contributed by atoms with Crippen LogP contribution in [-0.4, -0.2) is 17.6 Å². The number of para-hydroxylation sites is 1. The van der Waals surface area contributed by atoms with E-state index in [-0.39, 0.29) is 0 Å². The number of carbonyl (C=O) groups excluding carboxylic acids is 1. The molecule has 0 fully saturated rings. The second-order valence-electron chi connectivity index (χ2n) is 4.80. The number of rotatable bonds is 4. The Kier molecular flexibility index (Phi) is 4.57. The van der Waals surface area contributed by atoms with Crippen molar-refractivity contribution in [2.45, 2.75) is 6.92 Å². The molecule has 5 heteroatoms. The highest BCUT2D eigenvalue weighted by atomic mass is 79.9. The minimum absolute atomic E-state index is 0.438. The summed E-state index contributed by atoms with van der Waals surface area (Å²) in [6.45, 7) is 2.46. The van der Waals surface area contributed by atoms with Crippen molar-refractivity contribution in [3.8, 4) is 11.5 Å². The summed E-state index contributed by atoms with van der Waals surface area (Å²) in [6, 6.07) is 14.4. The molecule has 0 aliphatic carbocycles. The standard InChI is InChI=1S/C18H14BrNO3/c1-2-22-15-9-8-13(11-14(15)19)18(21)23-16-7-3-5-12-6-4-10-20-17(12)16/h3-11H,2H2,1H3. The van der Waals surface area contributed by atoms with Gasteiger partial charge in [0.15, 0.2) is 5.75 Å². The van der Waals surface area contributed by atoms with Gasteiger partial charge in [0.1, 0.15) is 11.3 Å². The smallest absolute Gasteiger partial charge is 0.343 e. The number of nitrogens with zero attached hydrogens (tertiary/aromatic N) is 1. The summed E-state index contributed by atoms with van der Waals surface area (Å²) in [5, 5.41) is 0.922. The summed E-state index contributed by atoms with van der Waals surface area (Å²) >= 11 is 3.40. The molecule has 0 radical (unpaired) electrons. The Morgan fingerprint density at radius 1 is 1.13 bits per heavy atom. The van der Waals surface area contributed by atoms with E-state index in [1.807, 2.05) is 31.2 Å². The van der Waals surface area contributed by atoms with Gasteiger partial charge >= 0.3 is 5.97 Å². The molecule has 2 aromatic carbocycles. The Labute approximate surface area is 142 Å². The molecule has 0 unspecified atom stereocenters. The van der Waals surface area contributed by atoms with E-state index in [2.05, 4.69) is 20.9 Å². The van der Waals surface area contributed by atoms with E-state index in [1.165, 1.54) is 0 Å². The number of carbonyl (C=O) groups is 1. The van der Waals surface area contributed by atoms with Gasteiger partial charge in [-0.25, -0.2) is 4.79 Å². The lowest BCUT2D eigenvalue weighted by atomic mass is 10.2. The maximum atomic E-state index is 12.4. The number of hydrogen-bond acceptors (Lipinski definition) is 4. The Morgan fingerprint density at radius 3 is 2.74 bits per heavy atom. The fourth-order valence-electron chi connectivity index (χ4n) is 2.22. The lowest BCUT2D eigenvalue weighted by molar-refractivity contribution is 0.0736. The minimum atomic E-state index is -0.438. The largest absolute Gasteiger partial charge is 0.493 e. The molecule has 3 aromatic rings. The maximum Gasteiger partial charge on any atom is 0.343 e. The minimum Gasteiger partial charge on any atom is -0.493 e. The predicted molar refractivity (Wildman–Crippen MR) is 92.0 cm³/mol. The third-order valence-electron chi connectivity index (χ3n) is 3.27. The Morgan fingerprint density at radius 2 is 1.96 bits per heavy atom. The van der Waals surface area contributed by atoms with E-state index in [9.17, 15) is 4.79 Å². The van der Waals surface area contributed by atoms with Crippen molar-refractivity contribution >= 4 is 32.8 Å². The Bertz CT molecular complexity index is 859. The number of hydrogen-bond donors (Lipinski definition) is 0. The normalized spacial score (nSPS) is 10.5. The molecule has 0 aliphatic rings. The summed E-state index contributed by atoms with van der Waals surface area (Å²) in [7, 11) is 0. The van der Waals surface area contributed by atoms with Gasteiger partial charge < -0.3 is 9.47 Å². The zero-order chi connectivity index (χ0) is 16.2. The van der Waals surface area contributed by atoms with E-state index in [1.54, 1.807) is 30.5 Å².